The maximum Gasteiger partial charge on any atom is 0.159 e. The van der Waals surface area contributed by atoms with E-state index in [4.69, 9.17) is 10.5 Å². The molecule has 2 saturated heterocycles. The molecule has 356 valence electrons. The molecule has 0 amide bonds. The summed E-state index contributed by atoms with van der Waals surface area (Å²) in [5.74, 6) is 0.632. The number of carbonyl (C=O) groups excluding carboxylic acids is 2. The lowest BCUT2D eigenvalue weighted by atomic mass is 9.33. The molecule has 0 radical (unpaired) electrons. The number of ether oxygens (including phenoxy) is 1. The van der Waals surface area contributed by atoms with Crippen LogP contribution in [0.4, 0.5) is 5.69 Å². The van der Waals surface area contributed by atoms with Crippen molar-refractivity contribution in [3.8, 4) is 5.75 Å². The van der Waals surface area contributed by atoms with Crippen LogP contribution in [0.2, 0.25) is 0 Å². The third kappa shape index (κ3) is 7.58. The summed E-state index contributed by atoms with van der Waals surface area (Å²) in [5, 5.41) is 53.2. The highest BCUT2D eigenvalue weighted by Crippen LogP contribution is 2.76. The Morgan fingerprint density at radius 3 is 2.48 bits per heavy atom. The van der Waals surface area contributed by atoms with E-state index in [1.165, 1.54) is 11.1 Å². The Labute approximate surface area is 388 Å². The van der Waals surface area contributed by atoms with Gasteiger partial charge in [0.2, 0.25) is 0 Å². The molecule has 4 saturated carbocycles. The molecule has 65 heavy (non-hydrogen) atoms. The molecular weight excluding hydrogens is 815 g/mol. The fourth-order valence-electron chi connectivity index (χ4n) is 17.0. The van der Waals surface area contributed by atoms with E-state index in [0.29, 0.717) is 57.5 Å². The van der Waals surface area contributed by atoms with E-state index >= 15 is 4.79 Å². The standard InChI is InChI=1S/C55H79N3O7/c1-32(22-43(61)49-54(6,65-49)40-15-11-14-38(40)34-12-10-13-36(56)25-34)46-41-16-17-45-52(4)27-39(35-23-33(30-57-7)24-37(60)26-35)48(63)51(3)19-9-8-18-50(2,64)31-58-42(47(51)52)28-55(45,20-21-59)53(41,5)29-44(46)62/h10,12-13,23-26,32,38-40,42-43,45,47,49,57-61,64H,8-9,11,14-22,27-31,56H2,1-7H3/t32-,38+,39-,40-,42+,43-,45-,47+,49-,50-,51-,52+,53+,54-,55+/m1/s1. The number of aliphatic hydroxyl groups excluding tert-OH is 2. The number of epoxide rings is 1. The van der Waals surface area contributed by atoms with Crippen molar-refractivity contribution in [3.63, 3.8) is 0 Å². The lowest BCUT2D eigenvalue weighted by Gasteiger charge is -2.71. The number of phenols is 1. The molecule has 0 spiro atoms. The number of β-amino-alcohol motifs (C(OH)–C–C–N with tert-alkyl or cyclic N) is 1. The first-order valence-corrected chi connectivity index (χ1v) is 25.3. The minimum Gasteiger partial charge on any atom is -0.508 e. The number of carbonyl (C=O) groups is 2. The Bertz CT molecular complexity index is 2210. The number of anilines is 1. The number of hydrogen-bond donors (Lipinski definition) is 7. The Kier molecular flexibility index (Phi) is 12.2. The summed E-state index contributed by atoms with van der Waals surface area (Å²) in [6.45, 7) is 14.1. The first kappa shape index (κ1) is 47.0. The molecule has 0 unspecified atom stereocenters. The molecule has 2 heterocycles. The third-order valence-corrected chi connectivity index (χ3v) is 19.6. The van der Waals surface area contributed by atoms with Gasteiger partial charge >= 0.3 is 0 Å². The van der Waals surface area contributed by atoms with Crippen LogP contribution < -0.4 is 16.4 Å². The summed E-state index contributed by atoms with van der Waals surface area (Å²) >= 11 is 0. The number of ketones is 2. The molecule has 10 nitrogen and oxygen atoms in total. The highest BCUT2D eigenvalue weighted by Gasteiger charge is 2.73. The Hall–Kier alpha value is -3.12. The number of aromatic hydroxyl groups is 1. The van der Waals surface area contributed by atoms with Crippen molar-refractivity contribution in [1.82, 2.24) is 10.6 Å². The van der Waals surface area contributed by atoms with Crippen molar-refractivity contribution in [1.29, 1.82) is 0 Å². The summed E-state index contributed by atoms with van der Waals surface area (Å²) in [6.07, 6.45) is 9.46. The number of rotatable bonds is 11. The molecule has 10 heteroatoms. The largest absolute Gasteiger partial charge is 0.508 e. The Morgan fingerprint density at radius 2 is 1.74 bits per heavy atom. The van der Waals surface area contributed by atoms with Gasteiger partial charge in [-0.25, -0.2) is 0 Å². The number of phenolic OH excluding ortho intramolecular Hbond substituents is 1. The van der Waals surface area contributed by atoms with Gasteiger partial charge in [-0.2, -0.15) is 0 Å². The molecular formula is C55H79N3O7. The number of nitrogens with two attached hydrogens (primary N) is 1. The van der Waals surface area contributed by atoms with E-state index in [9.17, 15) is 25.2 Å². The van der Waals surface area contributed by atoms with Gasteiger partial charge < -0.3 is 41.5 Å². The molecule has 2 aliphatic heterocycles. The molecule has 5 aliphatic carbocycles. The zero-order valence-corrected chi connectivity index (χ0v) is 40.3. The van der Waals surface area contributed by atoms with Crippen LogP contribution in [-0.2, 0) is 20.9 Å². The molecule has 7 aliphatic rings. The second kappa shape index (κ2) is 16.8. The zero-order valence-electron chi connectivity index (χ0n) is 40.3. The second-order valence-electron chi connectivity index (χ2n) is 23.7. The van der Waals surface area contributed by atoms with E-state index in [-0.39, 0.29) is 59.7 Å². The maximum absolute atomic E-state index is 15.4. The van der Waals surface area contributed by atoms with Crippen LogP contribution in [0.3, 0.4) is 0 Å². The molecule has 2 aromatic carbocycles. The van der Waals surface area contributed by atoms with E-state index in [1.54, 1.807) is 12.1 Å². The van der Waals surface area contributed by atoms with Gasteiger partial charge in [0.15, 0.2) is 5.78 Å². The molecule has 0 aromatic heterocycles. The van der Waals surface area contributed by atoms with E-state index in [1.807, 2.05) is 26.1 Å². The highest BCUT2D eigenvalue weighted by atomic mass is 16.6. The van der Waals surface area contributed by atoms with Gasteiger partial charge in [-0.05, 0) is 172 Å². The number of nitrogen functional groups attached to an aromatic ring is 1. The number of benzene rings is 2. The fourth-order valence-corrected chi connectivity index (χ4v) is 17.0. The van der Waals surface area contributed by atoms with Crippen LogP contribution >= 0.6 is 0 Å². The van der Waals surface area contributed by atoms with Crippen LogP contribution in [-0.4, -0.2) is 81.6 Å². The van der Waals surface area contributed by atoms with Crippen molar-refractivity contribution in [2.45, 2.75) is 179 Å². The highest BCUT2D eigenvalue weighted by molar-refractivity contribution is 6.00. The number of allylic oxidation sites excluding steroid dienone is 2. The molecule has 15 atom stereocenters. The number of aliphatic hydroxyl groups is 3. The average Bonchev–Trinajstić information content (AvgIpc) is 3.54. The van der Waals surface area contributed by atoms with E-state index in [0.717, 1.165) is 73.8 Å². The van der Waals surface area contributed by atoms with Crippen LogP contribution in [0, 0.1) is 45.3 Å². The molecule has 0 bridgehead atoms. The normalized spacial score (nSPS) is 42.5. The van der Waals surface area contributed by atoms with Crippen molar-refractivity contribution in [3.05, 3.63) is 70.3 Å². The van der Waals surface area contributed by atoms with Gasteiger partial charge in [0.05, 0.1) is 17.3 Å². The topological polar surface area (TPSA) is 178 Å². The average molecular weight is 894 g/mol. The Morgan fingerprint density at radius 1 is 0.969 bits per heavy atom. The zero-order chi connectivity index (χ0) is 46.5. The van der Waals surface area contributed by atoms with Crippen molar-refractivity contribution in [2.75, 3.05) is 25.9 Å². The van der Waals surface area contributed by atoms with Gasteiger partial charge in [-0.3, -0.25) is 9.59 Å². The molecule has 8 N–H and O–H groups in total. The number of nitrogens with one attached hydrogen (secondary N) is 2. The lowest BCUT2D eigenvalue weighted by Crippen LogP contribution is -2.71. The third-order valence-electron chi connectivity index (χ3n) is 19.6. The predicted molar refractivity (Wildman–Crippen MR) is 254 cm³/mol. The lowest BCUT2D eigenvalue weighted by molar-refractivity contribution is -0.208. The first-order chi connectivity index (χ1) is 30.7. The smallest absolute Gasteiger partial charge is 0.159 e. The Balaban J connectivity index is 1.07. The summed E-state index contributed by atoms with van der Waals surface area (Å²) in [6, 6.07) is 13.7. The van der Waals surface area contributed by atoms with Crippen LogP contribution in [0.15, 0.2) is 53.6 Å². The van der Waals surface area contributed by atoms with Gasteiger partial charge in [0, 0.05) is 54.6 Å². The van der Waals surface area contributed by atoms with Crippen molar-refractivity contribution >= 4 is 17.3 Å². The van der Waals surface area contributed by atoms with E-state index < -0.39 is 44.9 Å². The number of fused-ring (bicyclic) bond motifs is 4. The summed E-state index contributed by atoms with van der Waals surface area (Å²) in [5.41, 5.74) is 8.64. The van der Waals surface area contributed by atoms with Crippen molar-refractivity contribution in [2.24, 2.45) is 45.3 Å². The molecule has 2 aromatic rings. The first-order valence-electron chi connectivity index (χ1n) is 25.3. The van der Waals surface area contributed by atoms with Gasteiger partial charge in [0.25, 0.3) is 0 Å². The second-order valence-corrected chi connectivity index (χ2v) is 23.7. The van der Waals surface area contributed by atoms with Crippen LogP contribution in [0.5, 0.6) is 5.75 Å². The van der Waals surface area contributed by atoms with Crippen molar-refractivity contribution < 1.29 is 34.8 Å². The van der Waals surface area contributed by atoms with Crippen LogP contribution in [0.25, 0.3) is 0 Å². The van der Waals surface area contributed by atoms with Gasteiger partial charge in [0.1, 0.15) is 17.6 Å². The fraction of sp³-hybridized carbons (Fsp3) is 0.709. The summed E-state index contributed by atoms with van der Waals surface area (Å²) in [4.78, 5) is 30.3. The monoisotopic (exact) mass is 894 g/mol. The van der Waals surface area contributed by atoms with Gasteiger partial charge in [-0.1, -0.05) is 70.7 Å². The molecule has 6 fully saturated rings. The van der Waals surface area contributed by atoms with Gasteiger partial charge in [-0.15, -0.1) is 0 Å². The quantitative estimate of drug-likeness (QED) is 0.0859. The summed E-state index contributed by atoms with van der Waals surface area (Å²) < 4.78 is 6.52. The molecule has 9 rings (SSSR count). The maximum atomic E-state index is 15.4. The minimum atomic E-state index is -0.915. The SMILES string of the molecule is CNCc1cc(O)cc([C@H]2C[C@@]3(C)[C@H]4CCC5=C([C@H](C)C[C@@H](O)[C@H]6O[C@]6(C)[C@@H]6CCC[C@H]6c6cccc(N)c6)C(=O)C[C@]5(C)[C@@]4(CCO)C[C@@H]4NC[C@](C)(O)CCCC[C@@](C)(C2=O)[C@H]43)c1. The predicted octanol–water partition coefficient (Wildman–Crippen LogP) is 8.25. The number of hydrogen-bond acceptors (Lipinski definition) is 10. The number of Topliss-reactive ketones (excluding diaryl/α,β-unsaturated/α-hetero) is 2. The minimum absolute atomic E-state index is 0.0166. The van der Waals surface area contributed by atoms with Crippen LogP contribution in [0.1, 0.15) is 160 Å². The summed E-state index contributed by atoms with van der Waals surface area (Å²) in [7, 11) is 1.89. The van der Waals surface area contributed by atoms with E-state index in [2.05, 4.69) is 63.5 Å².